The lowest BCUT2D eigenvalue weighted by molar-refractivity contribution is 0.0952. The number of hydrogen-bond donors (Lipinski definition) is 1. The van der Waals surface area contributed by atoms with Gasteiger partial charge in [0.2, 0.25) is 0 Å². The second kappa shape index (κ2) is 6.29. The molecule has 0 bridgehead atoms. The van der Waals surface area contributed by atoms with Gasteiger partial charge >= 0.3 is 0 Å². The number of nitrogens with one attached hydrogen (secondary N) is 1. The van der Waals surface area contributed by atoms with Gasteiger partial charge in [0.25, 0.3) is 5.91 Å². The van der Waals surface area contributed by atoms with E-state index >= 15 is 0 Å². The zero-order chi connectivity index (χ0) is 13.8. The van der Waals surface area contributed by atoms with E-state index in [-0.39, 0.29) is 17.9 Å². The molecule has 1 amide bonds. The Bertz CT molecular complexity index is 545. The van der Waals surface area contributed by atoms with Crippen molar-refractivity contribution in [1.29, 1.82) is 0 Å². The highest BCUT2D eigenvalue weighted by atomic mass is 79.9. The van der Waals surface area contributed by atoms with E-state index < -0.39 is 21.6 Å². The number of carbonyl (C=O) groups is 1. The van der Waals surface area contributed by atoms with Crippen molar-refractivity contribution in [3.63, 3.8) is 0 Å². The van der Waals surface area contributed by atoms with Crippen LogP contribution in [0.25, 0.3) is 0 Å². The second-order valence-electron chi connectivity index (χ2n) is 3.86. The lowest BCUT2D eigenvalue weighted by Gasteiger charge is -2.06. The number of hydrogen-bond acceptors (Lipinski definition) is 3. The van der Waals surface area contributed by atoms with Crippen molar-refractivity contribution in [3.05, 3.63) is 34.1 Å². The van der Waals surface area contributed by atoms with Crippen molar-refractivity contribution in [2.45, 2.75) is 6.42 Å². The fourth-order valence-electron chi connectivity index (χ4n) is 1.30. The lowest BCUT2D eigenvalue weighted by atomic mass is 10.2. The van der Waals surface area contributed by atoms with E-state index in [9.17, 15) is 17.6 Å². The quantitative estimate of drug-likeness (QED) is 0.832. The fourth-order valence-corrected chi connectivity index (χ4v) is 2.40. The summed E-state index contributed by atoms with van der Waals surface area (Å²) in [4.78, 5) is 11.7. The van der Waals surface area contributed by atoms with Crippen LogP contribution in [-0.2, 0) is 9.84 Å². The van der Waals surface area contributed by atoms with Gasteiger partial charge in [0.05, 0.1) is 11.3 Å². The minimum atomic E-state index is -3.02. The van der Waals surface area contributed by atoms with Gasteiger partial charge in [-0.1, -0.05) is 0 Å². The minimum absolute atomic E-state index is 0.0115. The molecule has 0 aliphatic heterocycles. The van der Waals surface area contributed by atoms with Gasteiger partial charge in [-0.05, 0) is 40.5 Å². The monoisotopic (exact) mass is 337 g/mol. The highest BCUT2D eigenvalue weighted by molar-refractivity contribution is 9.10. The summed E-state index contributed by atoms with van der Waals surface area (Å²) in [7, 11) is -3.02. The molecular formula is C11H13BrFNO3S. The first-order valence-corrected chi connectivity index (χ1v) is 8.06. The zero-order valence-corrected chi connectivity index (χ0v) is 12.1. The average Bonchev–Trinajstić information content (AvgIpc) is 2.26. The molecule has 0 fully saturated rings. The largest absolute Gasteiger partial charge is 0.352 e. The predicted molar refractivity (Wildman–Crippen MR) is 70.8 cm³/mol. The molecule has 0 radical (unpaired) electrons. The van der Waals surface area contributed by atoms with Crippen LogP contribution in [0.4, 0.5) is 4.39 Å². The van der Waals surface area contributed by atoms with Crippen LogP contribution in [0.5, 0.6) is 0 Å². The van der Waals surface area contributed by atoms with Crippen LogP contribution < -0.4 is 5.32 Å². The number of carbonyl (C=O) groups excluding carboxylic acids is 1. The Morgan fingerprint density at radius 1 is 1.44 bits per heavy atom. The molecule has 0 unspecified atom stereocenters. The Balaban J connectivity index is 2.53. The second-order valence-corrected chi connectivity index (χ2v) is 6.98. The normalized spacial score (nSPS) is 11.3. The molecule has 7 heteroatoms. The van der Waals surface area contributed by atoms with Crippen molar-refractivity contribution in [2.75, 3.05) is 18.6 Å². The Labute approximate surface area is 114 Å². The van der Waals surface area contributed by atoms with Crippen molar-refractivity contribution in [1.82, 2.24) is 5.32 Å². The maximum absolute atomic E-state index is 13.0. The molecule has 1 aromatic rings. The highest BCUT2D eigenvalue weighted by Crippen LogP contribution is 2.17. The number of rotatable bonds is 5. The molecule has 0 atom stereocenters. The van der Waals surface area contributed by atoms with Crippen molar-refractivity contribution >= 4 is 31.7 Å². The van der Waals surface area contributed by atoms with E-state index in [0.717, 1.165) is 12.3 Å². The molecule has 0 saturated carbocycles. The number of amides is 1. The molecule has 0 aromatic heterocycles. The van der Waals surface area contributed by atoms with Gasteiger partial charge in [0, 0.05) is 17.3 Å². The van der Waals surface area contributed by atoms with Crippen LogP contribution in [-0.4, -0.2) is 32.9 Å². The standard InChI is InChI=1S/C11H13BrFNO3S/c1-18(16,17)6-2-5-14-11(15)9-7-8(13)3-4-10(9)12/h3-4,7H,2,5-6H2,1H3,(H,14,15). The Morgan fingerprint density at radius 3 is 2.72 bits per heavy atom. The Hall–Kier alpha value is -0.950. The third-order valence-electron chi connectivity index (χ3n) is 2.15. The summed E-state index contributed by atoms with van der Waals surface area (Å²) in [6, 6.07) is 3.81. The molecule has 0 aliphatic carbocycles. The van der Waals surface area contributed by atoms with E-state index in [4.69, 9.17) is 0 Å². The van der Waals surface area contributed by atoms with Gasteiger partial charge in [-0.2, -0.15) is 0 Å². The van der Waals surface area contributed by atoms with Crippen molar-refractivity contribution in [3.8, 4) is 0 Å². The van der Waals surface area contributed by atoms with Gasteiger partial charge in [-0.15, -0.1) is 0 Å². The van der Waals surface area contributed by atoms with Gasteiger partial charge in [-0.25, -0.2) is 12.8 Å². The maximum atomic E-state index is 13.0. The Morgan fingerprint density at radius 2 is 2.11 bits per heavy atom. The van der Waals surface area contributed by atoms with Crippen molar-refractivity contribution < 1.29 is 17.6 Å². The molecule has 0 heterocycles. The first kappa shape index (κ1) is 15.1. The fraction of sp³-hybridized carbons (Fsp3) is 0.364. The summed E-state index contributed by atoms with van der Waals surface area (Å²) >= 11 is 3.15. The predicted octanol–water partition coefficient (Wildman–Crippen LogP) is 1.75. The summed E-state index contributed by atoms with van der Waals surface area (Å²) in [5.41, 5.74) is 0.189. The molecule has 1 N–H and O–H groups in total. The summed E-state index contributed by atoms with van der Waals surface area (Å²) in [6.45, 7) is 0.231. The smallest absolute Gasteiger partial charge is 0.252 e. The third-order valence-corrected chi connectivity index (χ3v) is 3.87. The van der Waals surface area contributed by atoms with Gasteiger partial charge in [-0.3, -0.25) is 4.79 Å². The summed E-state index contributed by atoms with van der Waals surface area (Å²) in [5, 5.41) is 2.54. The van der Waals surface area contributed by atoms with E-state index in [0.29, 0.717) is 10.9 Å². The minimum Gasteiger partial charge on any atom is -0.352 e. The average molecular weight is 338 g/mol. The van der Waals surface area contributed by atoms with E-state index in [1.165, 1.54) is 12.1 Å². The van der Waals surface area contributed by atoms with E-state index in [1.54, 1.807) is 0 Å². The molecule has 0 aliphatic rings. The molecule has 0 saturated heterocycles. The van der Waals surface area contributed by atoms with E-state index in [1.807, 2.05) is 0 Å². The topological polar surface area (TPSA) is 63.2 Å². The summed E-state index contributed by atoms with van der Waals surface area (Å²) in [5.74, 6) is -0.924. The molecule has 1 rings (SSSR count). The number of sulfone groups is 1. The first-order valence-electron chi connectivity index (χ1n) is 5.20. The van der Waals surface area contributed by atoms with Gasteiger partial charge in [0.15, 0.2) is 0 Å². The van der Waals surface area contributed by atoms with Crippen LogP contribution in [0.2, 0.25) is 0 Å². The highest BCUT2D eigenvalue weighted by Gasteiger charge is 2.11. The van der Waals surface area contributed by atoms with Crippen LogP contribution in [0.1, 0.15) is 16.8 Å². The molecule has 18 heavy (non-hydrogen) atoms. The van der Waals surface area contributed by atoms with Crippen LogP contribution in [0.3, 0.4) is 0 Å². The Kier molecular flexibility index (Phi) is 5.28. The third kappa shape index (κ3) is 5.14. The molecule has 4 nitrogen and oxygen atoms in total. The molecule has 0 spiro atoms. The summed E-state index contributed by atoms with van der Waals surface area (Å²) in [6.07, 6.45) is 1.47. The van der Waals surface area contributed by atoms with Crippen LogP contribution in [0, 0.1) is 5.82 Å². The lowest BCUT2D eigenvalue weighted by Crippen LogP contribution is -2.26. The van der Waals surface area contributed by atoms with Crippen LogP contribution in [0.15, 0.2) is 22.7 Å². The SMILES string of the molecule is CS(=O)(=O)CCCNC(=O)c1cc(F)ccc1Br. The molecule has 1 aromatic carbocycles. The van der Waals surface area contributed by atoms with Crippen LogP contribution >= 0.6 is 15.9 Å². The zero-order valence-electron chi connectivity index (χ0n) is 9.74. The van der Waals surface area contributed by atoms with E-state index in [2.05, 4.69) is 21.2 Å². The molecular weight excluding hydrogens is 325 g/mol. The first-order chi connectivity index (χ1) is 8.29. The maximum Gasteiger partial charge on any atom is 0.252 e. The van der Waals surface area contributed by atoms with Crippen molar-refractivity contribution in [2.24, 2.45) is 0 Å². The molecule has 100 valence electrons. The van der Waals surface area contributed by atoms with Gasteiger partial charge < -0.3 is 5.32 Å². The van der Waals surface area contributed by atoms with Gasteiger partial charge in [0.1, 0.15) is 15.7 Å². The number of benzene rings is 1. The summed E-state index contributed by atoms with van der Waals surface area (Å²) < 4.78 is 35.2. The number of halogens is 2.